The molecule has 0 spiro atoms. The lowest BCUT2D eigenvalue weighted by Crippen LogP contribution is -2.48. The molecule has 1 heteroatoms. The molecule has 0 atom stereocenters. The minimum absolute atomic E-state index is 0.524. The van der Waals surface area contributed by atoms with Crippen LogP contribution in [0.25, 0.3) is 0 Å². The molecule has 0 aliphatic heterocycles. The van der Waals surface area contributed by atoms with E-state index >= 15 is 0 Å². The molecule has 0 amide bonds. The quantitative estimate of drug-likeness (QED) is 0.704. The van der Waals surface area contributed by atoms with E-state index < -0.39 is 0 Å². The van der Waals surface area contributed by atoms with Crippen LogP contribution in [-0.2, 0) is 0 Å². The lowest BCUT2D eigenvalue weighted by atomic mass is 9.78. The molecular formula is C12H29N. The second-order valence-corrected chi connectivity index (χ2v) is 3.34. The summed E-state index contributed by atoms with van der Waals surface area (Å²) in [6.07, 6.45) is 5.45. The second kappa shape index (κ2) is 10.0. The Bertz CT molecular complexity index is 85.1. The molecule has 1 aliphatic rings. The number of hydrogen-bond donors (Lipinski definition) is 1. The lowest BCUT2D eigenvalue weighted by Gasteiger charge is -2.39. The molecule has 0 aromatic heterocycles. The van der Waals surface area contributed by atoms with Crippen molar-refractivity contribution < 1.29 is 0 Å². The minimum atomic E-state index is 0.524. The van der Waals surface area contributed by atoms with E-state index in [0.717, 1.165) is 0 Å². The minimum Gasteiger partial charge on any atom is -0.312 e. The third-order valence-electron chi connectivity index (χ3n) is 2.26. The van der Waals surface area contributed by atoms with Crippen molar-refractivity contribution in [2.24, 2.45) is 0 Å². The zero-order valence-corrected chi connectivity index (χ0v) is 10.5. The van der Waals surface area contributed by atoms with Crippen LogP contribution in [0.5, 0.6) is 0 Å². The maximum absolute atomic E-state index is 3.55. The van der Waals surface area contributed by atoms with E-state index in [1.165, 1.54) is 32.2 Å². The Morgan fingerprint density at radius 2 is 1.54 bits per heavy atom. The van der Waals surface area contributed by atoms with Gasteiger partial charge in [0.05, 0.1) is 0 Å². The van der Waals surface area contributed by atoms with E-state index in [0.29, 0.717) is 5.54 Å². The van der Waals surface area contributed by atoms with Gasteiger partial charge in [0.2, 0.25) is 0 Å². The fourth-order valence-corrected chi connectivity index (χ4v) is 1.31. The molecule has 0 aromatic carbocycles. The fourth-order valence-electron chi connectivity index (χ4n) is 1.31. The highest BCUT2D eigenvalue weighted by Gasteiger charge is 2.30. The third-order valence-corrected chi connectivity index (χ3v) is 2.26. The van der Waals surface area contributed by atoms with Gasteiger partial charge in [-0.3, -0.25) is 0 Å². The van der Waals surface area contributed by atoms with Crippen molar-refractivity contribution in [1.82, 2.24) is 5.32 Å². The topological polar surface area (TPSA) is 12.0 Å². The van der Waals surface area contributed by atoms with Crippen molar-refractivity contribution >= 4 is 0 Å². The van der Waals surface area contributed by atoms with Gasteiger partial charge in [-0.25, -0.2) is 0 Å². The molecule has 0 radical (unpaired) electrons. The summed E-state index contributed by atoms with van der Waals surface area (Å²) < 4.78 is 0. The molecule has 13 heavy (non-hydrogen) atoms. The number of hydrogen-bond acceptors (Lipinski definition) is 1. The molecule has 1 fully saturated rings. The molecule has 1 N–H and O–H groups in total. The molecule has 1 aliphatic carbocycles. The van der Waals surface area contributed by atoms with E-state index in [-0.39, 0.29) is 0 Å². The first kappa shape index (κ1) is 15.4. The van der Waals surface area contributed by atoms with Gasteiger partial charge in [-0.05, 0) is 39.2 Å². The highest BCUT2D eigenvalue weighted by molar-refractivity contribution is 4.90. The first-order chi connectivity index (χ1) is 6.27. The Balaban J connectivity index is 0. The van der Waals surface area contributed by atoms with Crippen molar-refractivity contribution in [3.63, 3.8) is 0 Å². The maximum Gasteiger partial charge on any atom is 0.0153 e. The number of rotatable bonds is 3. The van der Waals surface area contributed by atoms with Gasteiger partial charge < -0.3 is 5.32 Å². The van der Waals surface area contributed by atoms with Gasteiger partial charge >= 0.3 is 0 Å². The van der Waals surface area contributed by atoms with Crippen LogP contribution in [0.1, 0.15) is 67.2 Å². The first-order valence-electron chi connectivity index (χ1n) is 6.02. The van der Waals surface area contributed by atoms with Gasteiger partial charge in [-0.1, -0.05) is 34.6 Å². The monoisotopic (exact) mass is 187 g/mol. The molecule has 1 nitrogen and oxygen atoms in total. The van der Waals surface area contributed by atoms with E-state index in [9.17, 15) is 0 Å². The van der Waals surface area contributed by atoms with E-state index in [1.54, 1.807) is 0 Å². The summed E-state index contributed by atoms with van der Waals surface area (Å²) in [7, 11) is 0. The fraction of sp³-hybridized carbons (Fsp3) is 1.00. The van der Waals surface area contributed by atoms with Gasteiger partial charge in [0.15, 0.2) is 0 Å². The standard InChI is InChI=1S/C8H17N.2C2H6/c1-3-7-9-8(2)5-4-6-8;2*1-2/h9H,3-7H2,1-2H3;2*1-2H3. The summed E-state index contributed by atoms with van der Waals surface area (Å²) in [5, 5.41) is 3.55. The Kier molecular flexibility index (Phi) is 11.9. The van der Waals surface area contributed by atoms with Crippen molar-refractivity contribution in [1.29, 1.82) is 0 Å². The molecule has 1 saturated carbocycles. The van der Waals surface area contributed by atoms with Crippen LogP contribution in [0, 0.1) is 0 Å². The summed E-state index contributed by atoms with van der Waals surface area (Å²) in [5.41, 5.74) is 0.524. The van der Waals surface area contributed by atoms with Crippen molar-refractivity contribution in [3.05, 3.63) is 0 Å². The molecule has 0 bridgehead atoms. The lowest BCUT2D eigenvalue weighted by molar-refractivity contribution is 0.210. The Morgan fingerprint density at radius 1 is 1.08 bits per heavy atom. The molecule has 1 rings (SSSR count). The Hall–Kier alpha value is -0.0400. The van der Waals surface area contributed by atoms with Crippen molar-refractivity contribution in [2.45, 2.75) is 72.8 Å². The van der Waals surface area contributed by atoms with Crippen LogP contribution in [0.3, 0.4) is 0 Å². The smallest absolute Gasteiger partial charge is 0.0153 e. The average molecular weight is 187 g/mol. The Morgan fingerprint density at radius 3 is 1.77 bits per heavy atom. The van der Waals surface area contributed by atoms with Crippen LogP contribution in [-0.4, -0.2) is 12.1 Å². The van der Waals surface area contributed by atoms with Crippen molar-refractivity contribution in [3.8, 4) is 0 Å². The molecule has 0 heterocycles. The van der Waals surface area contributed by atoms with Crippen molar-refractivity contribution in [2.75, 3.05) is 6.54 Å². The van der Waals surface area contributed by atoms with Gasteiger partial charge in [0, 0.05) is 5.54 Å². The van der Waals surface area contributed by atoms with Gasteiger partial charge in [0.25, 0.3) is 0 Å². The average Bonchev–Trinajstić information content (AvgIpc) is 2.18. The largest absolute Gasteiger partial charge is 0.312 e. The highest BCUT2D eigenvalue weighted by atomic mass is 15.0. The van der Waals surface area contributed by atoms with Gasteiger partial charge in [-0.2, -0.15) is 0 Å². The first-order valence-corrected chi connectivity index (χ1v) is 6.02. The van der Waals surface area contributed by atoms with Crippen LogP contribution < -0.4 is 5.32 Å². The summed E-state index contributed by atoms with van der Waals surface area (Å²) in [4.78, 5) is 0. The summed E-state index contributed by atoms with van der Waals surface area (Å²) in [5.74, 6) is 0. The molecule has 82 valence electrons. The third kappa shape index (κ3) is 7.06. The van der Waals surface area contributed by atoms with Gasteiger partial charge in [0.1, 0.15) is 0 Å². The van der Waals surface area contributed by atoms with Crippen LogP contribution >= 0.6 is 0 Å². The second-order valence-electron chi connectivity index (χ2n) is 3.34. The predicted octanol–water partition coefficient (Wildman–Crippen LogP) is 3.98. The molecule has 0 unspecified atom stereocenters. The van der Waals surface area contributed by atoms with Crippen LogP contribution in [0.2, 0.25) is 0 Å². The summed E-state index contributed by atoms with van der Waals surface area (Å²) >= 11 is 0. The maximum atomic E-state index is 3.55. The Labute approximate surface area is 85.3 Å². The van der Waals surface area contributed by atoms with Gasteiger partial charge in [-0.15, -0.1) is 0 Å². The van der Waals surface area contributed by atoms with E-state index in [4.69, 9.17) is 0 Å². The summed E-state index contributed by atoms with van der Waals surface area (Å²) in [6.45, 7) is 13.7. The summed E-state index contributed by atoms with van der Waals surface area (Å²) in [6, 6.07) is 0. The van der Waals surface area contributed by atoms with E-state index in [2.05, 4.69) is 19.2 Å². The molecule has 0 saturated heterocycles. The zero-order chi connectivity index (χ0) is 10.7. The van der Waals surface area contributed by atoms with Crippen LogP contribution in [0.15, 0.2) is 0 Å². The normalized spacial score (nSPS) is 17.1. The SMILES string of the molecule is CC.CC.CCCNC1(C)CCC1. The zero-order valence-electron chi connectivity index (χ0n) is 10.5. The highest BCUT2D eigenvalue weighted by Crippen LogP contribution is 2.30. The van der Waals surface area contributed by atoms with Crippen LogP contribution in [0.4, 0.5) is 0 Å². The van der Waals surface area contributed by atoms with E-state index in [1.807, 2.05) is 27.7 Å². The molecular weight excluding hydrogens is 158 g/mol. The molecule has 0 aromatic rings. The number of nitrogens with one attached hydrogen (secondary N) is 1. The predicted molar refractivity (Wildman–Crippen MR) is 63.2 cm³/mol.